The third-order valence-electron chi connectivity index (χ3n) is 3.60. The van der Waals surface area contributed by atoms with Gasteiger partial charge in [-0.15, -0.1) is 5.10 Å². The first-order chi connectivity index (χ1) is 11.8. The minimum absolute atomic E-state index is 0.0499. The van der Waals surface area contributed by atoms with E-state index in [4.69, 9.17) is 16.3 Å². The summed E-state index contributed by atoms with van der Waals surface area (Å²) in [6, 6.07) is 11.2. The monoisotopic (exact) mass is 368 g/mol. The molecule has 0 aliphatic carbocycles. The predicted octanol–water partition coefficient (Wildman–Crippen LogP) is 4.60. The van der Waals surface area contributed by atoms with Gasteiger partial charge in [0.15, 0.2) is 0 Å². The van der Waals surface area contributed by atoms with Gasteiger partial charge in [0.05, 0.1) is 5.56 Å². The lowest BCUT2D eigenvalue weighted by atomic mass is 10.1. The topological polar surface area (TPSA) is 41.9 Å². The van der Waals surface area contributed by atoms with Gasteiger partial charge in [0.1, 0.15) is 0 Å². The number of ether oxygens (including phenoxy) is 1. The van der Waals surface area contributed by atoms with Gasteiger partial charge in [-0.2, -0.15) is 18.2 Å². The highest BCUT2D eigenvalue weighted by atomic mass is 35.5. The number of halogens is 4. The molecule has 8 heteroatoms. The van der Waals surface area contributed by atoms with Crippen molar-refractivity contribution in [2.45, 2.75) is 19.3 Å². The number of nitrogens with zero attached hydrogens (tertiary/aromatic N) is 2. The molecule has 0 saturated heterocycles. The average molecular weight is 369 g/mol. The fourth-order valence-corrected chi connectivity index (χ4v) is 2.59. The molecule has 1 aliphatic heterocycles. The Balaban J connectivity index is 1.92. The second kappa shape index (κ2) is 6.40. The van der Waals surface area contributed by atoms with E-state index in [1.54, 1.807) is 24.3 Å². The number of carbonyl (C=O) groups excluding carboxylic acids is 1. The minimum atomic E-state index is -4.43. The van der Waals surface area contributed by atoms with E-state index in [0.29, 0.717) is 16.1 Å². The van der Waals surface area contributed by atoms with Crippen molar-refractivity contribution in [1.29, 1.82) is 0 Å². The van der Waals surface area contributed by atoms with Crippen molar-refractivity contribution in [2.24, 2.45) is 5.10 Å². The summed E-state index contributed by atoms with van der Waals surface area (Å²) in [5.41, 5.74) is 0.0831. The maximum Gasteiger partial charge on any atom is 0.416 e. The number of hydrazone groups is 1. The van der Waals surface area contributed by atoms with Gasteiger partial charge >= 0.3 is 6.18 Å². The SMILES string of the molecule is CC(=O)N1N=C(c2ccc(C(F)(F)F)cc2)O[C@H]1c1ccccc1Cl. The van der Waals surface area contributed by atoms with Crippen molar-refractivity contribution < 1.29 is 22.7 Å². The van der Waals surface area contributed by atoms with E-state index in [9.17, 15) is 18.0 Å². The molecular formula is C17H12ClF3N2O2. The lowest BCUT2D eigenvalue weighted by molar-refractivity contribution is -0.137. The van der Waals surface area contributed by atoms with Crippen molar-refractivity contribution in [2.75, 3.05) is 0 Å². The Morgan fingerprint density at radius 3 is 2.36 bits per heavy atom. The standard InChI is InChI=1S/C17H12ClF3N2O2/c1-10(24)23-16(13-4-2-3-5-14(13)18)25-15(22-23)11-6-8-12(9-7-11)17(19,20)21/h2-9,16H,1H3/t16-/m0/s1. The normalized spacial score (nSPS) is 17.2. The number of benzene rings is 2. The van der Waals surface area contributed by atoms with Crippen molar-refractivity contribution >= 4 is 23.4 Å². The molecule has 0 bridgehead atoms. The Kier molecular flexibility index (Phi) is 4.43. The Bertz CT molecular complexity index is 835. The zero-order valence-electron chi connectivity index (χ0n) is 12.9. The molecule has 0 fully saturated rings. The van der Waals surface area contributed by atoms with Crippen LogP contribution >= 0.6 is 11.6 Å². The van der Waals surface area contributed by atoms with E-state index in [1.165, 1.54) is 19.1 Å². The lowest BCUT2D eigenvalue weighted by Gasteiger charge is -2.20. The summed E-state index contributed by atoms with van der Waals surface area (Å²) in [6.07, 6.45) is -5.30. The van der Waals surface area contributed by atoms with Gasteiger partial charge in [-0.25, -0.2) is 0 Å². The molecule has 2 aromatic carbocycles. The molecule has 130 valence electrons. The summed E-state index contributed by atoms with van der Waals surface area (Å²) < 4.78 is 43.7. The number of rotatable bonds is 2. The summed E-state index contributed by atoms with van der Waals surface area (Å²) in [4.78, 5) is 11.9. The molecule has 25 heavy (non-hydrogen) atoms. The van der Waals surface area contributed by atoms with E-state index in [1.807, 2.05) is 0 Å². The van der Waals surface area contributed by atoms with Crippen LogP contribution in [-0.4, -0.2) is 16.8 Å². The molecule has 0 N–H and O–H groups in total. The number of alkyl halides is 3. The van der Waals surface area contributed by atoms with Gasteiger partial charge in [-0.05, 0) is 30.3 Å². The summed E-state index contributed by atoms with van der Waals surface area (Å²) in [6.45, 7) is 1.31. The highest BCUT2D eigenvalue weighted by Gasteiger charge is 2.35. The van der Waals surface area contributed by atoms with Gasteiger partial charge in [0.2, 0.25) is 18.0 Å². The molecule has 0 saturated carbocycles. The number of hydrogen-bond donors (Lipinski definition) is 0. The van der Waals surface area contributed by atoms with Crippen LogP contribution in [0.15, 0.2) is 53.6 Å². The maximum absolute atomic E-state index is 12.7. The van der Waals surface area contributed by atoms with Crippen molar-refractivity contribution in [3.8, 4) is 0 Å². The highest BCUT2D eigenvalue weighted by Crippen LogP contribution is 2.35. The minimum Gasteiger partial charge on any atom is -0.446 e. The molecule has 1 heterocycles. The molecule has 2 aromatic rings. The van der Waals surface area contributed by atoms with Crippen LogP contribution in [0, 0.1) is 0 Å². The van der Waals surface area contributed by atoms with Crippen molar-refractivity contribution in [1.82, 2.24) is 5.01 Å². The molecular weight excluding hydrogens is 357 g/mol. The van der Waals surface area contributed by atoms with Crippen LogP contribution in [0.3, 0.4) is 0 Å². The molecule has 3 rings (SSSR count). The molecule has 1 amide bonds. The fraction of sp³-hybridized carbons (Fsp3) is 0.176. The van der Waals surface area contributed by atoms with E-state index >= 15 is 0 Å². The van der Waals surface area contributed by atoms with E-state index in [-0.39, 0.29) is 11.8 Å². The Labute approximate surface area is 146 Å². The second-order valence-electron chi connectivity index (χ2n) is 5.34. The zero-order chi connectivity index (χ0) is 18.2. The van der Waals surface area contributed by atoms with Crippen LogP contribution in [0.2, 0.25) is 5.02 Å². The number of carbonyl (C=O) groups is 1. The highest BCUT2D eigenvalue weighted by molar-refractivity contribution is 6.31. The largest absolute Gasteiger partial charge is 0.446 e. The molecule has 0 spiro atoms. The molecule has 1 aliphatic rings. The number of hydrogen-bond acceptors (Lipinski definition) is 3. The Morgan fingerprint density at radius 1 is 1.16 bits per heavy atom. The summed E-state index contributed by atoms with van der Waals surface area (Å²) >= 11 is 6.15. The predicted molar refractivity (Wildman–Crippen MR) is 85.8 cm³/mol. The van der Waals surface area contributed by atoms with Crippen LogP contribution in [0.25, 0.3) is 0 Å². The first-order valence-corrected chi connectivity index (χ1v) is 7.62. The lowest BCUT2D eigenvalue weighted by Crippen LogP contribution is -2.25. The van der Waals surface area contributed by atoms with E-state index < -0.39 is 18.0 Å². The van der Waals surface area contributed by atoms with Gasteiger partial charge in [0, 0.05) is 23.1 Å². The van der Waals surface area contributed by atoms with Crippen LogP contribution in [0.5, 0.6) is 0 Å². The Hall–Kier alpha value is -2.54. The van der Waals surface area contributed by atoms with E-state index in [0.717, 1.165) is 17.1 Å². The summed E-state index contributed by atoms with van der Waals surface area (Å²) in [7, 11) is 0. The van der Waals surface area contributed by atoms with Crippen LogP contribution in [-0.2, 0) is 15.7 Å². The fourth-order valence-electron chi connectivity index (χ4n) is 2.36. The second-order valence-corrected chi connectivity index (χ2v) is 5.74. The van der Waals surface area contributed by atoms with Gasteiger partial charge < -0.3 is 4.74 Å². The number of amides is 1. The quantitative estimate of drug-likeness (QED) is 0.777. The van der Waals surface area contributed by atoms with Crippen LogP contribution < -0.4 is 0 Å². The van der Waals surface area contributed by atoms with Crippen LogP contribution in [0.4, 0.5) is 13.2 Å². The average Bonchev–Trinajstić information content (AvgIpc) is 3.00. The van der Waals surface area contributed by atoms with E-state index in [2.05, 4.69) is 5.10 Å². The first kappa shape index (κ1) is 17.3. The smallest absolute Gasteiger partial charge is 0.416 e. The molecule has 1 atom stereocenters. The third kappa shape index (κ3) is 3.46. The van der Waals surface area contributed by atoms with Gasteiger partial charge in [-0.3, -0.25) is 4.79 Å². The zero-order valence-corrected chi connectivity index (χ0v) is 13.7. The van der Waals surface area contributed by atoms with Crippen molar-refractivity contribution in [3.63, 3.8) is 0 Å². The molecule has 4 nitrogen and oxygen atoms in total. The first-order valence-electron chi connectivity index (χ1n) is 7.24. The van der Waals surface area contributed by atoms with Gasteiger partial charge in [0.25, 0.3) is 0 Å². The van der Waals surface area contributed by atoms with Crippen molar-refractivity contribution in [3.05, 3.63) is 70.2 Å². The molecule has 0 aromatic heterocycles. The summed E-state index contributed by atoms with van der Waals surface area (Å²) in [5, 5.41) is 5.58. The summed E-state index contributed by atoms with van der Waals surface area (Å²) in [5.74, 6) is -0.333. The molecule has 0 radical (unpaired) electrons. The third-order valence-corrected chi connectivity index (χ3v) is 3.94. The Morgan fingerprint density at radius 2 is 1.80 bits per heavy atom. The maximum atomic E-state index is 12.7. The van der Waals surface area contributed by atoms with Crippen LogP contribution in [0.1, 0.15) is 29.8 Å². The molecule has 0 unspecified atom stereocenters. The van der Waals surface area contributed by atoms with Gasteiger partial charge in [-0.1, -0.05) is 29.8 Å².